The highest BCUT2D eigenvalue weighted by Crippen LogP contribution is 1.95. The van der Waals surface area contributed by atoms with Gasteiger partial charge in [0.25, 0.3) is 5.91 Å². The van der Waals surface area contributed by atoms with Gasteiger partial charge < -0.3 is 16.0 Å². The van der Waals surface area contributed by atoms with E-state index in [1.54, 1.807) is 0 Å². The van der Waals surface area contributed by atoms with Crippen molar-refractivity contribution in [2.24, 2.45) is 5.73 Å². The average molecular weight is 223 g/mol. The molecule has 5 heteroatoms. The summed E-state index contributed by atoms with van der Waals surface area (Å²) in [5.74, 6) is -0.163. The Morgan fingerprint density at radius 1 is 1.31 bits per heavy atom. The summed E-state index contributed by atoms with van der Waals surface area (Å²) in [6, 6.07) is 2.84. The molecule has 0 spiro atoms. The molecular formula is C11H17N3O2. The Kier molecular flexibility index (Phi) is 5.28. The van der Waals surface area contributed by atoms with Crippen molar-refractivity contribution in [2.45, 2.75) is 19.3 Å². The summed E-state index contributed by atoms with van der Waals surface area (Å²) in [5.41, 5.74) is 5.62. The van der Waals surface area contributed by atoms with Gasteiger partial charge in [-0.25, -0.2) is 0 Å². The Hall–Kier alpha value is -1.62. The Bertz CT molecular complexity index is 367. The van der Waals surface area contributed by atoms with Crippen LogP contribution in [0.15, 0.2) is 23.1 Å². The molecule has 5 nitrogen and oxygen atoms in total. The molecule has 88 valence electrons. The lowest BCUT2D eigenvalue weighted by molar-refractivity contribution is 0.0952. The lowest BCUT2D eigenvalue weighted by Crippen LogP contribution is -2.25. The van der Waals surface area contributed by atoms with Gasteiger partial charge in [-0.15, -0.1) is 0 Å². The largest absolute Gasteiger partial charge is 0.352 e. The zero-order valence-corrected chi connectivity index (χ0v) is 9.16. The Morgan fingerprint density at radius 3 is 2.75 bits per heavy atom. The molecule has 1 rings (SSSR count). The summed E-state index contributed by atoms with van der Waals surface area (Å²) >= 11 is 0. The van der Waals surface area contributed by atoms with Gasteiger partial charge in [-0.1, -0.05) is 6.42 Å². The maximum absolute atomic E-state index is 11.5. The van der Waals surface area contributed by atoms with Crippen molar-refractivity contribution >= 4 is 5.91 Å². The first-order valence-electron chi connectivity index (χ1n) is 5.41. The number of aromatic amines is 1. The van der Waals surface area contributed by atoms with Crippen molar-refractivity contribution in [3.63, 3.8) is 0 Å². The van der Waals surface area contributed by atoms with Crippen LogP contribution in [-0.4, -0.2) is 24.0 Å². The molecule has 0 aliphatic rings. The fraction of sp³-hybridized carbons (Fsp3) is 0.455. The lowest BCUT2D eigenvalue weighted by atomic mass is 10.2. The smallest absolute Gasteiger partial charge is 0.252 e. The van der Waals surface area contributed by atoms with Gasteiger partial charge in [0.05, 0.1) is 5.56 Å². The maximum atomic E-state index is 11.5. The number of H-pyrrole nitrogens is 1. The molecule has 0 bridgehead atoms. The van der Waals surface area contributed by atoms with E-state index < -0.39 is 0 Å². The second-order valence-corrected chi connectivity index (χ2v) is 3.55. The SMILES string of the molecule is NCCCCCNC(=O)c1ccc(=O)[nH]c1. The van der Waals surface area contributed by atoms with Crippen LogP contribution in [0.25, 0.3) is 0 Å². The molecule has 4 N–H and O–H groups in total. The van der Waals surface area contributed by atoms with E-state index in [9.17, 15) is 9.59 Å². The van der Waals surface area contributed by atoms with E-state index in [0.29, 0.717) is 18.7 Å². The van der Waals surface area contributed by atoms with E-state index in [-0.39, 0.29) is 11.5 Å². The second-order valence-electron chi connectivity index (χ2n) is 3.55. The molecule has 16 heavy (non-hydrogen) atoms. The summed E-state index contributed by atoms with van der Waals surface area (Å²) < 4.78 is 0. The van der Waals surface area contributed by atoms with Crippen LogP contribution >= 0.6 is 0 Å². The van der Waals surface area contributed by atoms with Gasteiger partial charge >= 0.3 is 0 Å². The molecule has 0 fully saturated rings. The first kappa shape index (κ1) is 12.4. The minimum Gasteiger partial charge on any atom is -0.352 e. The molecule has 0 radical (unpaired) electrons. The van der Waals surface area contributed by atoms with Crippen molar-refractivity contribution in [1.82, 2.24) is 10.3 Å². The van der Waals surface area contributed by atoms with Gasteiger partial charge in [0.1, 0.15) is 0 Å². The fourth-order valence-electron chi connectivity index (χ4n) is 1.30. The highest BCUT2D eigenvalue weighted by molar-refractivity contribution is 5.93. The van der Waals surface area contributed by atoms with Crippen molar-refractivity contribution < 1.29 is 4.79 Å². The van der Waals surface area contributed by atoms with E-state index >= 15 is 0 Å². The van der Waals surface area contributed by atoms with Gasteiger partial charge in [0.2, 0.25) is 5.56 Å². The molecule has 0 saturated heterocycles. The fourth-order valence-corrected chi connectivity index (χ4v) is 1.30. The molecule has 0 aliphatic heterocycles. The van der Waals surface area contributed by atoms with Crippen LogP contribution in [-0.2, 0) is 0 Å². The summed E-state index contributed by atoms with van der Waals surface area (Å²) in [7, 11) is 0. The molecule has 1 aromatic heterocycles. The monoisotopic (exact) mass is 223 g/mol. The molecule has 1 heterocycles. The summed E-state index contributed by atoms with van der Waals surface area (Å²) in [6.07, 6.45) is 4.33. The molecular weight excluding hydrogens is 206 g/mol. The zero-order valence-electron chi connectivity index (χ0n) is 9.16. The third kappa shape index (κ3) is 4.27. The standard InChI is InChI=1S/C11H17N3O2/c12-6-2-1-3-7-13-11(16)9-4-5-10(15)14-8-9/h4-5,8H,1-3,6-7,12H2,(H,13,16)(H,14,15). The average Bonchev–Trinajstić information content (AvgIpc) is 2.29. The molecule has 0 atom stereocenters. The predicted molar refractivity (Wildman–Crippen MR) is 62.3 cm³/mol. The molecule has 0 aromatic carbocycles. The number of amides is 1. The van der Waals surface area contributed by atoms with Gasteiger partial charge in [0, 0.05) is 18.8 Å². The number of nitrogens with two attached hydrogens (primary N) is 1. The van der Waals surface area contributed by atoms with E-state index in [1.165, 1.54) is 18.3 Å². The number of aromatic nitrogens is 1. The number of pyridine rings is 1. The Labute approximate surface area is 94.1 Å². The molecule has 1 amide bonds. The van der Waals surface area contributed by atoms with Crippen LogP contribution in [0.1, 0.15) is 29.6 Å². The van der Waals surface area contributed by atoms with E-state index in [2.05, 4.69) is 10.3 Å². The van der Waals surface area contributed by atoms with E-state index in [0.717, 1.165) is 19.3 Å². The second kappa shape index (κ2) is 6.79. The maximum Gasteiger partial charge on any atom is 0.252 e. The zero-order chi connectivity index (χ0) is 11.8. The quantitative estimate of drug-likeness (QED) is 0.603. The van der Waals surface area contributed by atoms with Gasteiger partial charge in [-0.05, 0) is 25.5 Å². The number of carbonyl (C=O) groups excluding carboxylic acids is 1. The van der Waals surface area contributed by atoms with Gasteiger partial charge in [0.15, 0.2) is 0 Å². The van der Waals surface area contributed by atoms with Gasteiger partial charge in [-0.2, -0.15) is 0 Å². The van der Waals surface area contributed by atoms with Crippen molar-refractivity contribution in [2.75, 3.05) is 13.1 Å². The number of rotatable bonds is 6. The first-order valence-corrected chi connectivity index (χ1v) is 5.41. The van der Waals surface area contributed by atoms with Crippen LogP contribution < -0.4 is 16.6 Å². The molecule has 0 aliphatic carbocycles. The summed E-state index contributed by atoms with van der Waals surface area (Å²) in [6.45, 7) is 1.33. The van der Waals surface area contributed by atoms with Crippen LogP contribution in [0, 0.1) is 0 Å². The van der Waals surface area contributed by atoms with Crippen LogP contribution in [0.4, 0.5) is 0 Å². The highest BCUT2D eigenvalue weighted by Gasteiger charge is 2.03. The van der Waals surface area contributed by atoms with Crippen LogP contribution in [0.5, 0.6) is 0 Å². The summed E-state index contributed by atoms with van der Waals surface area (Å²) in [5, 5.41) is 2.78. The topological polar surface area (TPSA) is 88.0 Å². The minimum absolute atomic E-state index is 0.163. The summed E-state index contributed by atoms with van der Waals surface area (Å²) in [4.78, 5) is 24.8. The number of unbranched alkanes of at least 4 members (excludes halogenated alkanes) is 2. The third-order valence-electron chi connectivity index (χ3n) is 2.21. The van der Waals surface area contributed by atoms with Crippen LogP contribution in [0.2, 0.25) is 0 Å². The number of hydrogen-bond acceptors (Lipinski definition) is 3. The first-order chi connectivity index (χ1) is 7.74. The number of hydrogen-bond donors (Lipinski definition) is 3. The van der Waals surface area contributed by atoms with Crippen LogP contribution in [0.3, 0.4) is 0 Å². The molecule has 1 aromatic rings. The van der Waals surface area contributed by atoms with E-state index in [1.807, 2.05) is 0 Å². The number of nitrogens with one attached hydrogen (secondary N) is 2. The van der Waals surface area contributed by atoms with Gasteiger partial charge in [-0.3, -0.25) is 9.59 Å². The van der Waals surface area contributed by atoms with E-state index in [4.69, 9.17) is 5.73 Å². The van der Waals surface area contributed by atoms with Crippen molar-refractivity contribution in [3.8, 4) is 0 Å². The minimum atomic E-state index is -0.209. The predicted octanol–water partition coefficient (Wildman–Crippen LogP) is 0.234. The normalized spacial score (nSPS) is 10.1. The highest BCUT2D eigenvalue weighted by atomic mass is 16.1. The molecule has 0 saturated carbocycles. The van der Waals surface area contributed by atoms with Crippen molar-refractivity contribution in [3.05, 3.63) is 34.2 Å². The Morgan fingerprint density at radius 2 is 2.12 bits per heavy atom. The number of carbonyl (C=O) groups is 1. The lowest BCUT2D eigenvalue weighted by Gasteiger charge is -2.04. The van der Waals surface area contributed by atoms with Crippen molar-refractivity contribution in [1.29, 1.82) is 0 Å². The Balaban J connectivity index is 2.30. The molecule has 0 unspecified atom stereocenters. The third-order valence-corrected chi connectivity index (χ3v) is 2.21.